The second-order valence-corrected chi connectivity index (χ2v) is 6.00. The van der Waals surface area contributed by atoms with Crippen molar-refractivity contribution in [2.75, 3.05) is 18.7 Å². The molecular weight excluding hydrogens is 276 g/mol. The van der Waals surface area contributed by atoms with Crippen LogP contribution in [0.15, 0.2) is 18.2 Å². The van der Waals surface area contributed by atoms with E-state index in [0.29, 0.717) is 16.7 Å². The van der Waals surface area contributed by atoms with Gasteiger partial charge in [-0.15, -0.1) is 0 Å². The smallest absolute Gasteiger partial charge is 0.333 e. The Morgan fingerprint density at radius 1 is 1.40 bits per heavy atom. The Balaban J connectivity index is 2.26. The first kappa shape index (κ1) is 15.0. The van der Waals surface area contributed by atoms with Gasteiger partial charge in [-0.25, -0.2) is 0 Å². The molecule has 5 nitrogen and oxygen atoms in total. The summed E-state index contributed by atoms with van der Waals surface area (Å²) in [5.41, 5.74) is 0.584. The molecule has 0 amide bonds. The molecule has 0 aliphatic heterocycles. The molecule has 2 atom stereocenters. The number of ether oxygens (including phenoxy) is 1. The molecule has 0 spiro atoms. The Hall–Kier alpha value is -1.43. The van der Waals surface area contributed by atoms with Gasteiger partial charge in [-0.1, -0.05) is 18.9 Å². The van der Waals surface area contributed by atoms with Crippen molar-refractivity contribution < 1.29 is 9.66 Å². The molecule has 0 saturated heterocycles. The van der Waals surface area contributed by atoms with E-state index in [1.54, 1.807) is 18.2 Å². The van der Waals surface area contributed by atoms with Gasteiger partial charge in [0.2, 0.25) is 0 Å². The van der Waals surface area contributed by atoms with Crippen molar-refractivity contribution in [2.45, 2.75) is 37.0 Å². The molecule has 110 valence electrons. The van der Waals surface area contributed by atoms with Gasteiger partial charge in [0, 0.05) is 11.3 Å². The maximum Gasteiger partial charge on any atom is 0.333 e. The Bertz CT molecular complexity index is 481. The molecule has 2 rings (SSSR count). The normalized spacial score (nSPS) is 22.3. The summed E-state index contributed by atoms with van der Waals surface area (Å²) in [6.07, 6.45) is 6.73. The molecular formula is C14H20N2O3S. The Morgan fingerprint density at radius 2 is 2.15 bits per heavy atom. The van der Waals surface area contributed by atoms with E-state index >= 15 is 0 Å². The largest absolute Gasteiger partial charge is 0.490 e. The van der Waals surface area contributed by atoms with Gasteiger partial charge in [0.15, 0.2) is 5.75 Å². The van der Waals surface area contributed by atoms with Crippen molar-refractivity contribution in [2.24, 2.45) is 0 Å². The molecule has 1 aromatic rings. The summed E-state index contributed by atoms with van der Waals surface area (Å²) in [5.74, 6) is 0.302. The molecule has 0 aromatic heterocycles. The number of benzene rings is 1. The summed E-state index contributed by atoms with van der Waals surface area (Å²) < 4.78 is 5.10. The van der Waals surface area contributed by atoms with Gasteiger partial charge in [-0.2, -0.15) is 11.8 Å². The number of thioether (sulfide) groups is 1. The fourth-order valence-corrected chi connectivity index (χ4v) is 3.67. The molecule has 1 N–H and O–H groups in total. The summed E-state index contributed by atoms with van der Waals surface area (Å²) >= 11 is 1.83. The highest BCUT2D eigenvalue weighted by atomic mass is 32.2. The van der Waals surface area contributed by atoms with Crippen molar-refractivity contribution in [3.63, 3.8) is 0 Å². The van der Waals surface area contributed by atoms with Crippen LogP contribution in [0, 0.1) is 10.1 Å². The summed E-state index contributed by atoms with van der Waals surface area (Å²) in [5, 5.41) is 15.1. The van der Waals surface area contributed by atoms with Crippen LogP contribution in [0.4, 0.5) is 11.4 Å². The van der Waals surface area contributed by atoms with Crippen LogP contribution in [0.3, 0.4) is 0 Å². The first-order chi connectivity index (χ1) is 9.67. The van der Waals surface area contributed by atoms with Crippen LogP contribution in [0.2, 0.25) is 0 Å². The average Bonchev–Trinajstić information content (AvgIpc) is 2.47. The molecule has 0 heterocycles. The number of nitrogens with one attached hydrogen (secondary N) is 1. The van der Waals surface area contributed by atoms with Gasteiger partial charge in [0.25, 0.3) is 0 Å². The second-order valence-electron chi connectivity index (χ2n) is 4.92. The van der Waals surface area contributed by atoms with Crippen molar-refractivity contribution in [1.82, 2.24) is 0 Å². The lowest BCUT2D eigenvalue weighted by atomic mass is 9.94. The third-order valence-electron chi connectivity index (χ3n) is 3.75. The number of hydrogen-bond acceptors (Lipinski definition) is 5. The van der Waals surface area contributed by atoms with Gasteiger partial charge < -0.3 is 10.1 Å². The van der Waals surface area contributed by atoms with Crippen molar-refractivity contribution in [1.29, 1.82) is 0 Å². The van der Waals surface area contributed by atoms with E-state index in [1.807, 2.05) is 11.8 Å². The van der Waals surface area contributed by atoms with Crippen LogP contribution < -0.4 is 10.1 Å². The molecule has 1 saturated carbocycles. The summed E-state index contributed by atoms with van der Waals surface area (Å²) in [6, 6.07) is 5.44. The van der Waals surface area contributed by atoms with Crippen LogP contribution in [0.5, 0.6) is 5.75 Å². The van der Waals surface area contributed by atoms with E-state index < -0.39 is 0 Å². The topological polar surface area (TPSA) is 64.4 Å². The molecule has 0 bridgehead atoms. The number of para-hydroxylation sites is 1. The number of nitro groups is 1. The van der Waals surface area contributed by atoms with Crippen LogP contribution >= 0.6 is 11.8 Å². The Labute approximate surface area is 123 Å². The Morgan fingerprint density at radius 3 is 2.80 bits per heavy atom. The fraction of sp³-hybridized carbons (Fsp3) is 0.571. The highest BCUT2D eigenvalue weighted by molar-refractivity contribution is 7.99. The van der Waals surface area contributed by atoms with E-state index in [0.717, 1.165) is 12.8 Å². The third kappa shape index (κ3) is 3.17. The molecule has 1 fully saturated rings. The first-order valence-corrected chi connectivity index (χ1v) is 8.07. The van der Waals surface area contributed by atoms with E-state index in [4.69, 9.17) is 4.74 Å². The van der Waals surface area contributed by atoms with Crippen molar-refractivity contribution >= 4 is 23.1 Å². The number of nitro benzene ring substituents is 1. The minimum Gasteiger partial charge on any atom is -0.490 e. The molecule has 6 heteroatoms. The predicted octanol–water partition coefficient (Wildman–Crippen LogP) is 3.69. The van der Waals surface area contributed by atoms with Gasteiger partial charge in [0.1, 0.15) is 5.69 Å². The number of anilines is 1. The lowest BCUT2D eigenvalue weighted by molar-refractivity contribution is -0.384. The average molecular weight is 296 g/mol. The highest BCUT2D eigenvalue weighted by Crippen LogP contribution is 2.37. The van der Waals surface area contributed by atoms with Crippen LogP contribution in [-0.2, 0) is 0 Å². The van der Waals surface area contributed by atoms with Crippen LogP contribution in [0.1, 0.15) is 25.7 Å². The van der Waals surface area contributed by atoms with Gasteiger partial charge in [0.05, 0.1) is 12.0 Å². The Kier molecular flexibility index (Phi) is 5.11. The number of methoxy groups -OCH3 is 1. The number of rotatable bonds is 5. The second kappa shape index (κ2) is 6.83. The van der Waals surface area contributed by atoms with Crippen molar-refractivity contribution in [3.05, 3.63) is 28.3 Å². The molecule has 20 heavy (non-hydrogen) atoms. The third-order valence-corrected chi connectivity index (χ3v) is 4.92. The predicted molar refractivity (Wildman–Crippen MR) is 82.8 cm³/mol. The molecule has 1 aliphatic rings. The van der Waals surface area contributed by atoms with Crippen molar-refractivity contribution in [3.8, 4) is 5.75 Å². The van der Waals surface area contributed by atoms with E-state index in [2.05, 4.69) is 11.6 Å². The van der Waals surface area contributed by atoms with Crippen LogP contribution in [-0.4, -0.2) is 29.6 Å². The lowest BCUT2D eigenvalue weighted by Gasteiger charge is -2.31. The number of nitrogens with zero attached hydrogens (tertiary/aromatic N) is 1. The summed E-state index contributed by atoms with van der Waals surface area (Å²) in [4.78, 5) is 10.9. The maximum atomic E-state index is 11.3. The fourth-order valence-electron chi connectivity index (χ4n) is 2.74. The molecule has 1 aromatic carbocycles. The highest BCUT2D eigenvalue weighted by Gasteiger charge is 2.28. The van der Waals surface area contributed by atoms with Gasteiger partial charge >= 0.3 is 5.69 Å². The maximum absolute atomic E-state index is 11.3. The zero-order chi connectivity index (χ0) is 14.5. The zero-order valence-corrected chi connectivity index (χ0v) is 12.6. The van der Waals surface area contributed by atoms with Gasteiger partial charge in [-0.3, -0.25) is 10.1 Å². The van der Waals surface area contributed by atoms with E-state index in [9.17, 15) is 10.1 Å². The van der Waals surface area contributed by atoms with Gasteiger partial charge in [-0.05, 0) is 31.2 Å². The summed E-state index contributed by atoms with van der Waals surface area (Å²) in [6.45, 7) is 0. The lowest BCUT2D eigenvalue weighted by Crippen LogP contribution is -2.34. The minimum atomic E-state index is -0.377. The molecule has 2 unspecified atom stereocenters. The SMILES string of the molecule is COc1cccc(NC2CCCCC2SC)c1[N+](=O)[O-]. The van der Waals surface area contributed by atoms with E-state index in [1.165, 1.54) is 20.0 Å². The zero-order valence-electron chi connectivity index (χ0n) is 11.8. The summed E-state index contributed by atoms with van der Waals surface area (Å²) in [7, 11) is 1.46. The molecule has 1 aliphatic carbocycles. The quantitative estimate of drug-likeness (QED) is 0.663. The molecule has 0 radical (unpaired) electrons. The standard InChI is InChI=1S/C14H20N2O3S/c1-19-12-8-5-7-11(14(12)16(17)18)15-10-6-3-4-9-13(10)20-2/h5,7-8,10,13,15H,3-4,6,9H2,1-2H3. The number of hydrogen-bond donors (Lipinski definition) is 1. The first-order valence-electron chi connectivity index (χ1n) is 6.78. The van der Waals surface area contributed by atoms with E-state index in [-0.39, 0.29) is 16.7 Å². The van der Waals surface area contributed by atoms with Crippen LogP contribution in [0.25, 0.3) is 0 Å². The minimum absolute atomic E-state index is 0.0282. The monoisotopic (exact) mass is 296 g/mol.